The van der Waals surface area contributed by atoms with Crippen LogP contribution in [-0.2, 0) is 25.6 Å². The van der Waals surface area contributed by atoms with E-state index in [-0.39, 0.29) is 18.8 Å². The first kappa shape index (κ1) is 23.6. The highest BCUT2D eigenvalue weighted by Crippen LogP contribution is 2.23. The van der Waals surface area contributed by atoms with Crippen LogP contribution in [-0.4, -0.2) is 40.2 Å². The van der Waals surface area contributed by atoms with Gasteiger partial charge in [-0.15, -0.1) is 0 Å². The van der Waals surface area contributed by atoms with E-state index in [0.29, 0.717) is 13.1 Å². The maximum Gasteiger partial charge on any atom is 0.310 e. The number of nitrogens with zero attached hydrogens (tertiary/aromatic N) is 2. The van der Waals surface area contributed by atoms with Crippen molar-refractivity contribution in [1.82, 2.24) is 15.3 Å². The summed E-state index contributed by atoms with van der Waals surface area (Å²) >= 11 is 0. The van der Waals surface area contributed by atoms with Gasteiger partial charge in [-0.3, -0.25) is 14.6 Å². The molecule has 2 aromatic heterocycles. The van der Waals surface area contributed by atoms with E-state index in [2.05, 4.69) is 10.3 Å². The molecule has 0 saturated carbocycles. The van der Waals surface area contributed by atoms with Crippen LogP contribution in [0.15, 0.2) is 36.4 Å². The molecular formula is C25H31N3O4. The topological polar surface area (TPSA) is 90.4 Å². The Hall–Kier alpha value is -3.06. The highest BCUT2D eigenvalue weighted by molar-refractivity contribution is 6.02. The van der Waals surface area contributed by atoms with Gasteiger partial charge in [-0.05, 0) is 39.8 Å². The largest absolute Gasteiger partial charge is 0.460 e. The molecule has 0 amide bonds. The van der Waals surface area contributed by atoms with Gasteiger partial charge >= 0.3 is 11.9 Å². The van der Waals surface area contributed by atoms with Crippen molar-refractivity contribution >= 4 is 33.7 Å². The first-order valence-electron chi connectivity index (χ1n) is 10.9. The molecule has 0 aliphatic carbocycles. The Kier molecular flexibility index (Phi) is 7.40. The van der Waals surface area contributed by atoms with Gasteiger partial charge in [-0.1, -0.05) is 31.2 Å². The molecular weight excluding hydrogens is 406 g/mol. The highest BCUT2D eigenvalue weighted by Gasteiger charge is 2.22. The molecule has 7 heteroatoms. The van der Waals surface area contributed by atoms with E-state index in [1.807, 2.05) is 64.1 Å². The van der Waals surface area contributed by atoms with Crippen LogP contribution in [0.25, 0.3) is 21.8 Å². The number of fused-ring (bicyclic) bond motifs is 3. The van der Waals surface area contributed by atoms with Gasteiger partial charge in [-0.25, -0.2) is 4.98 Å². The Morgan fingerprint density at radius 2 is 1.59 bits per heavy atom. The second-order valence-corrected chi connectivity index (χ2v) is 8.85. The number of carbonyl (C=O) groups excluding carboxylic acids is 2. The number of aryl methyl sites for hydroxylation is 1. The standard InChI is InChI=1S/C25H31N3O4/c1-6-21(29)31-20(13-22(30)32-25(3,4)5)15-26-14-19-12-11-18-10-9-17-8-7-16(2)27-23(17)24(18)28-19/h7-12,20,26H,6,13-15H2,1-5H3. The predicted molar refractivity (Wildman–Crippen MR) is 124 cm³/mol. The number of esters is 2. The number of benzene rings is 1. The van der Waals surface area contributed by atoms with E-state index in [1.165, 1.54) is 0 Å². The molecule has 3 rings (SSSR count). The second kappa shape index (κ2) is 10.0. The molecule has 170 valence electrons. The molecule has 1 unspecified atom stereocenters. The molecule has 2 heterocycles. The maximum absolute atomic E-state index is 12.2. The SMILES string of the molecule is CCC(=O)OC(CNCc1ccc2ccc3ccc(C)nc3c2n1)CC(=O)OC(C)(C)C. The summed E-state index contributed by atoms with van der Waals surface area (Å²) in [6.45, 7) is 9.89. The lowest BCUT2D eigenvalue weighted by atomic mass is 10.1. The van der Waals surface area contributed by atoms with Gasteiger partial charge in [-0.2, -0.15) is 0 Å². The van der Waals surface area contributed by atoms with Crippen molar-refractivity contribution in [1.29, 1.82) is 0 Å². The molecule has 0 fully saturated rings. The van der Waals surface area contributed by atoms with Crippen molar-refractivity contribution in [3.05, 3.63) is 47.8 Å². The van der Waals surface area contributed by atoms with Crippen molar-refractivity contribution in [2.24, 2.45) is 0 Å². The number of carbonyl (C=O) groups is 2. The number of pyridine rings is 2. The molecule has 3 aromatic rings. The summed E-state index contributed by atoms with van der Waals surface area (Å²) in [5.41, 5.74) is 2.93. The summed E-state index contributed by atoms with van der Waals surface area (Å²) in [6.07, 6.45) is -0.367. The van der Waals surface area contributed by atoms with Gasteiger partial charge in [0.25, 0.3) is 0 Å². The normalized spacial score (nSPS) is 12.7. The first-order chi connectivity index (χ1) is 15.1. The summed E-state index contributed by atoms with van der Waals surface area (Å²) in [6, 6.07) is 12.1. The van der Waals surface area contributed by atoms with Gasteiger partial charge in [0.2, 0.25) is 0 Å². The number of aromatic nitrogens is 2. The smallest absolute Gasteiger partial charge is 0.310 e. The summed E-state index contributed by atoms with van der Waals surface area (Å²) < 4.78 is 10.8. The fourth-order valence-corrected chi connectivity index (χ4v) is 3.36. The summed E-state index contributed by atoms with van der Waals surface area (Å²) in [5.74, 6) is -0.748. The maximum atomic E-state index is 12.2. The van der Waals surface area contributed by atoms with E-state index in [4.69, 9.17) is 14.5 Å². The van der Waals surface area contributed by atoms with Crippen LogP contribution in [0.5, 0.6) is 0 Å². The van der Waals surface area contributed by atoms with Crippen LogP contribution >= 0.6 is 0 Å². The van der Waals surface area contributed by atoms with Crippen molar-refractivity contribution in [2.75, 3.05) is 6.54 Å². The molecule has 7 nitrogen and oxygen atoms in total. The summed E-state index contributed by atoms with van der Waals surface area (Å²) in [5, 5.41) is 5.33. The minimum atomic E-state index is -0.608. The van der Waals surface area contributed by atoms with Crippen molar-refractivity contribution in [3.63, 3.8) is 0 Å². The molecule has 0 aliphatic heterocycles. The molecule has 1 aromatic carbocycles. The lowest BCUT2D eigenvalue weighted by molar-refractivity contribution is -0.161. The minimum absolute atomic E-state index is 0.00497. The van der Waals surface area contributed by atoms with Gasteiger partial charge in [0, 0.05) is 36.0 Å². The Morgan fingerprint density at radius 1 is 0.969 bits per heavy atom. The van der Waals surface area contributed by atoms with E-state index in [0.717, 1.165) is 33.2 Å². The van der Waals surface area contributed by atoms with Crippen LogP contribution in [0, 0.1) is 6.92 Å². The fraction of sp³-hybridized carbons (Fsp3) is 0.440. The molecule has 0 saturated heterocycles. The first-order valence-corrected chi connectivity index (χ1v) is 10.9. The molecule has 0 aliphatic rings. The van der Waals surface area contributed by atoms with Crippen LogP contribution < -0.4 is 5.32 Å². The van der Waals surface area contributed by atoms with Crippen molar-refractivity contribution in [2.45, 2.75) is 65.7 Å². The number of hydrogen-bond acceptors (Lipinski definition) is 7. The third-order valence-electron chi connectivity index (χ3n) is 4.80. The lowest BCUT2D eigenvalue weighted by Crippen LogP contribution is -2.35. The monoisotopic (exact) mass is 437 g/mol. The van der Waals surface area contributed by atoms with Gasteiger partial charge in [0.05, 0.1) is 23.1 Å². The van der Waals surface area contributed by atoms with E-state index >= 15 is 0 Å². The number of rotatable bonds is 8. The molecule has 0 radical (unpaired) electrons. The third-order valence-corrected chi connectivity index (χ3v) is 4.80. The Morgan fingerprint density at radius 3 is 2.25 bits per heavy atom. The van der Waals surface area contributed by atoms with Crippen LogP contribution in [0.1, 0.15) is 51.9 Å². The predicted octanol–water partition coefficient (Wildman–Crippen LogP) is 4.23. The summed E-state index contributed by atoms with van der Waals surface area (Å²) in [7, 11) is 0. The zero-order valence-corrected chi connectivity index (χ0v) is 19.4. The van der Waals surface area contributed by atoms with Gasteiger partial charge < -0.3 is 14.8 Å². The minimum Gasteiger partial charge on any atom is -0.460 e. The van der Waals surface area contributed by atoms with Crippen molar-refractivity contribution < 1.29 is 19.1 Å². The molecule has 32 heavy (non-hydrogen) atoms. The molecule has 1 atom stereocenters. The van der Waals surface area contributed by atoms with E-state index < -0.39 is 17.7 Å². The zero-order chi connectivity index (χ0) is 23.3. The average Bonchev–Trinajstić information content (AvgIpc) is 2.72. The average molecular weight is 438 g/mol. The van der Waals surface area contributed by atoms with E-state index in [1.54, 1.807) is 6.92 Å². The van der Waals surface area contributed by atoms with Crippen LogP contribution in [0.4, 0.5) is 0 Å². The second-order valence-electron chi connectivity index (χ2n) is 8.85. The van der Waals surface area contributed by atoms with E-state index in [9.17, 15) is 9.59 Å². The number of hydrogen-bond donors (Lipinski definition) is 1. The Bertz CT molecular complexity index is 1120. The number of nitrogens with one attached hydrogen (secondary N) is 1. The third kappa shape index (κ3) is 6.47. The van der Waals surface area contributed by atoms with Crippen molar-refractivity contribution in [3.8, 4) is 0 Å². The zero-order valence-electron chi connectivity index (χ0n) is 19.4. The fourth-order valence-electron chi connectivity index (χ4n) is 3.36. The molecule has 1 N–H and O–H groups in total. The quantitative estimate of drug-likeness (QED) is 0.416. The Labute approximate surface area is 188 Å². The van der Waals surface area contributed by atoms with Crippen LogP contribution in [0.3, 0.4) is 0 Å². The Balaban J connectivity index is 1.70. The highest BCUT2D eigenvalue weighted by atomic mass is 16.6. The van der Waals surface area contributed by atoms with Crippen LogP contribution in [0.2, 0.25) is 0 Å². The number of ether oxygens (including phenoxy) is 2. The summed E-state index contributed by atoms with van der Waals surface area (Å²) in [4.78, 5) is 33.5. The molecule has 0 bridgehead atoms. The van der Waals surface area contributed by atoms with Gasteiger partial charge in [0.1, 0.15) is 11.7 Å². The lowest BCUT2D eigenvalue weighted by Gasteiger charge is -2.22. The van der Waals surface area contributed by atoms with Gasteiger partial charge in [0.15, 0.2) is 0 Å². The molecule has 0 spiro atoms.